The molecular weight excluding hydrogens is 300 g/mol. The lowest BCUT2D eigenvalue weighted by Gasteiger charge is -2.40. The minimum atomic E-state index is -0.281. The molecule has 0 aromatic carbocycles. The second-order valence-corrected chi connectivity index (χ2v) is 6.21. The average molecular weight is 321 g/mol. The van der Waals surface area contributed by atoms with E-state index in [4.69, 9.17) is 16.3 Å². The monoisotopic (exact) mass is 320 g/mol. The molecule has 1 saturated heterocycles. The Balaban J connectivity index is 1.69. The van der Waals surface area contributed by atoms with Crippen LogP contribution in [-0.2, 0) is 23.9 Å². The van der Waals surface area contributed by atoms with Gasteiger partial charge in [-0.2, -0.15) is 0 Å². The molecule has 0 radical (unpaired) electrons. The Morgan fingerprint density at radius 3 is 2.68 bits per heavy atom. The smallest absolute Gasteiger partial charge is 0.140 e. The minimum absolute atomic E-state index is 0.281. The molecule has 0 N–H and O–H groups in total. The summed E-state index contributed by atoms with van der Waals surface area (Å²) < 4.78 is 7.93. The number of aryl methyl sites for hydroxylation is 1. The maximum atomic E-state index is 6.20. The molecule has 0 atom stereocenters. The summed E-state index contributed by atoms with van der Waals surface area (Å²) in [5.74, 6) is 1.01. The summed E-state index contributed by atoms with van der Waals surface area (Å²) in [7, 11) is 3.80. The van der Waals surface area contributed by atoms with Crippen LogP contribution in [0.5, 0.6) is 0 Å². The molecule has 1 fully saturated rings. The molecule has 118 valence electrons. The van der Waals surface area contributed by atoms with Gasteiger partial charge in [-0.05, 0) is 24.5 Å². The van der Waals surface area contributed by atoms with Crippen LogP contribution in [0.2, 0.25) is 5.02 Å². The van der Waals surface area contributed by atoms with E-state index in [0.29, 0.717) is 0 Å². The van der Waals surface area contributed by atoms with Crippen LogP contribution in [0.25, 0.3) is 0 Å². The van der Waals surface area contributed by atoms with Crippen molar-refractivity contribution in [3.05, 3.63) is 47.3 Å². The van der Waals surface area contributed by atoms with Crippen molar-refractivity contribution in [3.8, 4) is 0 Å². The van der Waals surface area contributed by atoms with Crippen LogP contribution >= 0.6 is 11.6 Å². The van der Waals surface area contributed by atoms with E-state index in [9.17, 15) is 0 Å². The molecule has 0 amide bonds. The zero-order valence-electron chi connectivity index (χ0n) is 13.0. The highest BCUT2D eigenvalue weighted by molar-refractivity contribution is 6.31. The highest BCUT2D eigenvalue weighted by Crippen LogP contribution is 2.35. The Morgan fingerprint density at radius 2 is 2.09 bits per heavy atom. The lowest BCUT2D eigenvalue weighted by atomic mass is 9.90. The molecule has 0 unspecified atom stereocenters. The number of piperidine rings is 1. The van der Waals surface area contributed by atoms with Gasteiger partial charge in [-0.3, -0.25) is 9.88 Å². The van der Waals surface area contributed by atoms with Gasteiger partial charge in [0.1, 0.15) is 11.4 Å². The number of hydrogen-bond acceptors (Lipinski definition) is 4. The summed E-state index contributed by atoms with van der Waals surface area (Å²) in [6.45, 7) is 2.76. The number of nitrogens with zero attached hydrogens (tertiary/aromatic N) is 4. The van der Waals surface area contributed by atoms with E-state index in [1.54, 1.807) is 19.5 Å². The van der Waals surface area contributed by atoms with Gasteiger partial charge in [-0.15, -0.1) is 0 Å². The Morgan fingerprint density at radius 1 is 1.32 bits per heavy atom. The van der Waals surface area contributed by atoms with Crippen molar-refractivity contribution in [1.82, 2.24) is 19.4 Å². The van der Waals surface area contributed by atoms with E-state index in [2.05, 4.69) is 19.4 Å². The molecule has 0 saturated carbocycles. The summed E-state index contributed by atoms with van der Waals surface area (Å²) in [5, 5.41) is 0.732. The van der Waals surface area contributed by atoms with Crippen LogP contribution in [-0.4, -0.2) is 39.6 Å². The van der Waals surface area contributed by atoms with Gasteiger partial charge in [0.2, 0.25) is 0 Å². The van der Waals surface area contributed by atoms with Gasteiger partial charge in [0.15, 0.2) is 0 Å². The Kier molecular flexibility index (Phi) is 4.47. The number of methoxy groups -OCH3 is 1. The van der Waals surface area contributed by atoms with Crippen LogP contribution in [0.1, 0.15) is 24.2 Å². The van der Waals surface area contributed by atoms with Gasteiger partial charge in [0.25, 0.3) is 0 Å². The SMILES string of the molecule is COC1(c2nccn2C)CCN(Cc2ccncc2Cl)CC1. The first-order valence-corrected chi connectivity index (χ1v) is 7.86. The molecule has 2 aromatic heterocycles. The molecule has 3 rings (SSSR count). The van der Waals surface area contributed by atoms with E-state index in [0.717, 1.165) is 48.9 Å². The van der Waals surface area contributed by atoms with Crippen LogP contribution < -0.4 is 0 Å². The molecule has 2 aromatic rings. The zero-order chi connectivity index (χ0) is 15.6. The third-order valence-electron chi connectivity index (χ3n) is 4.53. The maximum Gasteiger partial charge on any atom is 0.140 e. The number of halogens is 1. The van der Waals surface area contributed by atoms with Crippen LogP contribution in [0.4, 0.5) is 0 Å². The van der Waals surface area contributed by atoms with Gasteiger partial charge in [-0.25, -0.2) is 4.98 Å². The Bertz CT molecular complexity index is 635. The molecule has 5 nitrogen and oxygen atoms in total. The van der Waals surface area contributed by atoms with Crippen molar-refractivity contribution in [1.29, 1.82) is 0 Å². The van der Waals surface area contributed by atoms with Crippen molar-refractivity contribution in [2.75, 3.05) is 20.2 Å². The predicted octanol–water partition coefficient (Wildman–Crippen LogP) is 2.61. The summed E-state index contributed by atoms with van der Waals surface area (Å²) in [6.07, 6.45) is 9.15. The number of likely N-dealkylation sites (tertiary alicyclic amines) is 1. The normalized spacial score (nSPS) is 18.5. The molecule has 6 heteroatoms. The number of aromatic nitrogens is 3. The molecule has 0 aliphatic carbocycles. The topological polar surface area (TPSA) is 43.2 Å². The van der Waals surface area contributed by atoms with Crippen LogP contribution in [0.3, 0.4) is 0 Å². The van der Waals surface area contributed by atoms with Gasteiger partial charge in [0.05, 0.1) is 5.02 Å². The lowest BCUT2D eigenvalue weighted by molar-refractivity contribution is -0.0716. The molecule has 3 heterocycles. The largest absolute Gasteiger partial charge is 0.370 e. The standard InChI is InChI=1S/C16H21ClN4O/c1-20-10-7-19-15(20)16(22-2)4-8-21(9-5-16)12-13-3-6-18-11-14(13)17/h3,6-7,10-11H,4-5,8-9,12H2,1-2H3. The van der Waals surface area contributed by atoms with E-state index in [-0.39, 0.29) is 5.60 Å². The molecule has 1 aliphatic rings. The fraction of sp³-hybridized carbons (Fsp3) is 0.500. The van der Waals surface area contributed by atoms with Crippen molar-refractivity contribution in [2.24, 2.45) is 7.05 Å². The van der Waals surface area contributed by atoms with Gasteiger partial charge >= 0.3 is 0 Å². The molecule has 0 spiro atoms. The first kappa shape index (κ1) is 15.5. The summed E-state index contributed by atoms with van der Waals surface area (Å²) in [4.78, 5) is 10.9. The van der Waals surface area contributed by atoms with Gasteiger partial charge < -0.3 is 9.30 Å². The van der Waals surface area contributed by atoms with E-state index >= 15 is 0 Å². The third-order valence-corrected chi connectivity index (χ3v) is 4.87. The number of ether oxygens (including phenoxy) is 1. The summed E-state index contributed by atoms with van der Waals surface area (Å²) >= 11 is 6.20. The van der Waals surface area contributed by atoms with Crippen molar-refractivity contribution in [3.63, 3.8) is 0 Å². The first-order chi connectivity index (χ1) is 10.6. The molecular formula is C16H21ClN4O. The zero-order valence-corrected chi connectivity index (χ0v) is 13.8. The van der Waals surface area contributed by atoms with E-state index in [1.165, 1.54) is 0 Å². The highest BCUT2D eigenvalue weighted by atomic mass is 35.5. The second-order valence-electron chi connectivity index (χ2n) is 5.80. The summed E-state index contributed by atoms with van der Waals surface area (Å²) in [5.41, 5.74) is 0.843. The predicted molar refractivity (Wildman–Crippen MR) is 85.7 cm³/mol. The Hall–Kier alpha value is -1.43. The summed E-state index contributed by atoms with van der Waals surface area (Å²) in [6, 6.07) is 1.99. The lowest BCUT2D eigenvalue weighted by Crippen LogP contribution is -2.44. The molecule has 22 heavy (non-hydrogen) atoms. The number of pyridine rings is 1. The fourth-order valence-corrected chi connectivity index (χ4v) is 3.35. The van der Waals surface area contributed by atoms with Gasteiger partial charge in [-0.1, -0.05) is 11.6 Å². The average Bonchev–Trinajstić information content (AvgIpc) is 2.97. The van der Waals surface area contributed by atoms with E-state index in [1.807, 2.05) is 25.5 Å². The third kappa shape index (κ3) is 2.89. The van der Waals surface area contributed by atoms with Crippen molar-refractivity contribution < 1.29 is 4.74 Å². The number of hydrogen-bond donors (Lipinski definition) is 0. The second kappa shape index (κ2) is 6.36. The van der Waals surface area contributed by atoms with Crippen molar-refractivity contribution in [2.45, 2.75) is 25.0 Å². The van der Waals surface area contributed by atoms with E-state index < -0.39 is 0 Å². The van der Waals surface area contributed by atoms with Crippen LogP contribution in [0, 0.1) is 0 Å². The maximum absolute atomic E-state index is 6.20. The number of imidazole rings is 1. The fourth-order valence-electron chi connectivity index (χ4n) is 3.17. The Labute approximate surface area is 135 Å². The molecule has 0 bridgehead atoms. The quantitative estimate of drug-likeness (QED) is 0.868. The molecule has 1 aliphatic heterocycles. The first-order valence-electron chi connectivity index (χ1n) is 7.48. The van der Waals surface area contributed by atoms with Crippen LogP contribution in [0.15, 0.2) is 30.9 Å². The van der Waals surface area contributed by atoms with Gasteiger partial charge in [0, 0.05) is 58.6 Å². The highest BCUT2D eigenvalue weighted by Gasteiger charge is 2.39. The number of rotatable bonds is 4. The minimum Gasteiger partial charge on any atom is -0.370 e. The van der Waals surface area contributed by atoms with Crippen molar-refractivity contribution >= 4 is 11.6 Å².